The van der Waals surface area contributed by atoms with E-state index in [1.54, 1.807) is 13.8 Å². The highest BCUT2D eigenvalue weighted by Crippen LogP contribution is 2.37. The Labute approximate surface area is 228 Å². The summed E-state index contributed by atoms with van der Waals surface area (Å²) in [6.07, 6.45) is -4.33. The SMILES string of the molecule is CC[C@H](C)NS(=O)(=O)c1cc(NC(=O)c2ccc(OC)c(C(F)(F)F)c2)ccc1Oc1c(C)c(C(=O)O)nn1C. The molecule has 1 atom stereocenters. The van der Waals surface area contributed by atoms with Crippen LogP contribution in [0.25, 0.3) is 0 Å². The molecule has 11 nitrogen and oxygen atoms in total. The fraction of sp³-hybridized carbons (Fsp3) is 0.320. The van der Waals surface area contributed by atoms with E-state index < -0.39 is 50.3 Å². The summed E-state index contributed by atoms with van der Waals surface area (Å²) in [4.78, 5) is 23.9. The summed E-state index contributed by atoms with van der Waals surface area (Å²) in [6, 6.07) is 5.87. The lowest BCUT2D eigenvalue weighted by atomic mass is 10.1. The molecule has 0 spiro atoms. The van der Waals surface area contributed by atoms with Crippen LogP contribution in [0.15, 0.2) is 41.3 Å². The summed E-state index contributed by atoms with van der Waals surface area (Å²) in [6.45, 7) is 4.84. The Balaban J connectivity index is 2.04. The zero-order chi connectivity index (χ0) is 30.0. The first kappa shape index (κ1) is 30.4. The molecule has 15 heteroatoms. The Hall–Kier alpha value is -4.11. The van der Waals surface area contributed by atoms with Crippen LogP contribution in [0.2, 0.25) is 0 Å². The zero-order valence-corrected chi connectivity index (χ0v) is 22.9. The maximum atomic E-state index is 13.4. The molecule has 3 aromatic rings. The van der Waals surface area contributed by atoms with Gasteiger partial charge in [0.2, 0.25) is 15.9 Å². The van der Waals surface area contributed by atoms with Crippen molar-refractivity contribution in [1.82, 2.24) is 14.5 Å². The van der Waals surface area contributed by atoms with E-state index in [0.717, 1.165) is 30.0 Å². The third-order valence-corrected chi connectivity index (χ3v) is 7.47. The number of rotatable bonds is 10. The molecule has 40 heavy (non-hydrogen) atoms. The third-order valence-electron chi connectivity index (χ3n) is 5.86. The summed E-state index contributed by atoms with van der Waals surface area (Å²) in [7, 11) is -1.77. The molecule has 1 amide bonds. The minimum atomic E-state index is -4.78. The number of hydrogen-bond acceptors (Lipinski definition) is 7. The van der Waals surface area contributed by atoms with Gasteiger partial charge in [0, 0.05) is 29.9 Å². The minimum Gasteiger partial charge on any atom is -0.496 e. The predicted octanol–water partition coefficient (Wildman–Crippen LogP) is 4.58. The molecule has 0 radical (unpaired) electrons. The largest absolute Gasteiger partial charge is 0.496 e. The highest BCUT2D eigenvalue weighted by Gasteiger charge is 2.35. The number of aromatic carboxylic acids is 1. The normalized spacial score (nSPS) is 12.6. The number of aromatic nitrogens is 2. The summed E-state index contributed by atoms with van der Waals surface area (Å²) < 4.78 is 80.9. The van der Waals surface area contributed by atoms with Gasteiger partial charge in [-0.05, 0) is 56.7 Å². The molecule has 3 N–H and O–H groups in total. The molecule has 0 bridgehead atoms. The average Bonchev–Trinajstić information content (AvgIpc) is 3.16. The Bertz CT molecular complexity index is 1550. The van der Waals surface area contributed by atoms with Crippen LogP contribution in [0, 0.1) is 6.92 Å². The summed E-state index contributed by atoms with van der Waals surface area (Å²) >= 11 is 0. The molecule has 2 aromatic carbocycles. The smallest absolute Gasteiger partial charge is 0.419 e. The fourth-order valence-electron chi connectivity index (χ4n) is 3.63. The lowest BCUT2D eigenvalue weighted by molar-refractivity contribution is -0.138. The average molecular weight is 585 g/mol. The van der Waals surface area contributed by atoms with Crippen LogP contribution in [-0.2, 0) is 23.2 Å². The molecule has 0 aliphatic carbocycles. The predicted molar refractivity (Wildman–Crippen MR) is 137 cm³/mol. The number of ether oxygens (including phenoxy) is 2. The molecule has 0 saturated carbocycles. The second kappa shape index (κ2) is 11.6. The number of anilines is 1. The second-order valence-electron chi connectivity index (χ2n) is 8.77. The van der Waals surface area contributed by atoms with Crippen molar-refractivity contribution < 1.29 is 45.8 Å². The first-order valence-electron chi connectivity index (χ1n) is 11.8. The number of nitrogens with one attached hydrogen (secondary N) is 2. The van der Waals surface area contributed by atoms with Crippen molar-refractivity contribution in [3.05, 3.63) is 58.8 Å². The Morgan fingerprint density at radius 1 is 1.15 bits per heavy atom. The van der Waals surface area contributed by atoms with E-state index in [1.807, 2.05) is 0 Å². The van der Waals surface area contributed by atoms with E-state index in [-0.39, 0.29) is 34.1 Å². The van der Waals surface area contributed by atoms with Gasteiger partial charge in [0.05, 0.1) is 12.7 Å². The number of benzene rings is 2. The molecule has 216 valence electrons. The molecular formula is C25H27F3N4O7S. The topological polar surface area (TPSA) is 149 Å². The van der Waals surface area contributed by atoms with Crippen molar-refractivity contribution in [2.24, 2.45) is 7.05 Å². The van der Waals surface area contributed by atoms with Crippen molar-refractivity contribution in [3.63, 3.8) is 0 Å². The van der Waals surface area contributed by atoms with Crippen molar-refractivity contribution >= 4 is 27.6 Å². The number of alkyl halides is 3. The Morgan fingerprint density at radius 2 is 1.80 bits per heavy atom. The fourth-order valence-corrected chi connectivity index (χ4v) is 5.11. The number of carboxylic acid groups (broad SMARTS) is 1. The third kappa shape index (κ3) is 6.54. The van der Waals surface area contributed by atoms with Crippen LogP contribution in [0.1, 0.15) is 52.2 Å². The standard InChI is InChI=1S/C25H27F3N4O7S/c1-6-13(2)31-40(36,37)20-12-16(8-10-19(20)39-23-14(3)21(24(34)35)30-32(23)4)29-22(33)15-7-9-18(38-5)17(11-15)25(26,27)28/h7-13,31H,6H2,1-5H3,(H,29,33)(H,34,35)/t13-/m0/s1. The Kier molecular flexibility index (Phi) is 8.79. The summed E-state index contributed by atoms with van der Waals surface area (Å²) in [5, 5.41) is 15.6. The summed E-state index contributed by atoms with van der Waals surface area (Å²) in [5.74, 6) is -2.95. The van der Waals surface area contributed by atoms with E-state index in [0.29, 0.717) is 12.5 Å². The molecule has 0 aliphatic heterocycles. The van der Waals surface area contributed by atoms with Crippen molar-refractivity contribution in [3.8, 4) is 17.4 Å². The highest BCUT2D eigenvalue weighted by atomic mass is 32.2. The van der Waals surface area contributed by atoms with Crippen LogP contribution >= 0.6 is 0 Å². The van der Waals surface area contributed by atoms with Crippen LogP contribution in [0.5, 0.6) is 17.4 Å². The number of nitrogens with zero attached hydrogens (tertiary/aromatic N) is 2. The van der Waals surface area contributed by atoms with Gasteiger partial charge in [0.25, 0.3) is 5.91 Å². The van der Waals surface area contributed by atoms with Gasteiger partial charge < -0.3 is 19.9 Å². The Morgan fingerprint density at radius 3 is 2.35 bits per heavy atom. The van der Waals surface area contributed by atoms with E-state index in [4.69, 9.17) is 9.47 Å². The second-order valence-corrected chi connectivity index (χ2v) is 10.5. The van der Waals surface area contributed by atoms with Gasteiger partial charge >= 0.3 is 12.1 Å². The zero-order valence-electron chi connectivity index (χ0n) is 22.1. The van der Waals surface area contributed by atoms with Gasteiger partial charge in [-0.2, -0.15) is 18.3 Å². The molecule has 3 rings (SSSR count). The molecular weight excluding hydrogens is 557 g/mol. The van der Waals surface area contributed by atoms with Gasteiger partial charge in [0.1, 0.15) is 16.4 Å². The number of methoxy groups -OCH3 is 1. The van der Waals surface area contributed by atoms with Crippen molar-refractivity contribution in [1.29, 1.82) is 0 Å². The number of carboxylic acids is 1. The number of halogens is 3. The lowest BCUT2D eigenvalue weighted by Crippen LogP contribution is -2.32. The lowest BCUT2D eigenvalue weighted by Gasteiger charge is -2.17. The van der Waals surface area contributed by atoms with Gasteiger partial charge in [-0.15, -0.1) is 0 Å². The van der Waals surface area contributed by atoms with E-state index in [1.165, 1.54) is 26.1 Å². The van der Waals surface area contributed by atoms with Crippen molar-refractivity contribution in [2.45, 2.75) is 44.3 Å². The number of sulfonamides is 1. The molecule has 0 aliphatic rings. The molecule has 0 unspecified atom stereocenters. The number of aryl methyl sites for hydroxylation is 1. The van der Waals surface area contributed by atoms with Crippen LogP contribution in [-0.4, -0.2) is 48.3 Å². The van der Waals surface area contributed by atoms with Gasteiger partial charge in [-0.25, -0.2) is 22.6 Å². The van der Waals surface area contributed by atoms with Crippen LogP contribution in [0.3, 0.4) is 0 Å². The van der Waals surface area contributed by atoms with Gasteiger partial charge in [0.15, 0.2) is 5.69 Å². The highest BCUT2D eigenvalue weighted by molar-refractivity contribution is 7.89. The number of hydrogen-bond donors (Lipinski definition) is 3. The number of amides is 1. The van der Waals surface area contributed by atoms with E-state index >= 15 is 0 Å². The maximum Gasteiger partial charge on any atom is 0.419 e. The molecule has 1 heterocycles. The first-order valence-corrected chi connectivity index (χ1v) is 13.2. The van der Waals surface area contributed by atoms with Gasteiger partial charge in [-0.3, -0.25) is 4.79 Å². The van der Waals surface area contributed by atoms with E-state index in [9.17, 15) is 36.3 Å². The van der Waals surface area contributed by atoms with Crippen molar-refractivity contribution in [2.75, 3.05) is 12.4 Å². The quantitative estimate of drug-likeness (QED) is 0.314. The molecule has 0 fully saturated rings. The van der Waals surface area contributed by atoms with E-state index in [2.05, 4.69) is 15.1 Å². The number of carbonyl (C=O) groups excluding carboxylic acids is 1. The minimum absolute atomic E-state index is 0.0351. The number of carbonyl (C=O) groups is 2. The van der Waals surface area contributed by atoms with Crippen LogP contribution in [0.4, 0.5) is 18.9 Å². The summed E-state index contributed by atoms with van der Waals surface area (Å²) in [5.41, 5.74) is -1.70. The monoisotopic (exact) mass is 584 g/mol. The van der Waals surface area contributed by atoms with Crippen LogP contribution < -0.4 is 19.5 Å². The first-order chi connectivity index (χ1) is 18.6. The molecule has 0 saturated heterocycles. The maximum absolute atomic E-state index is 13.4. The van der Waals surface area contributed by atoms with Gasteiger partial charge in [-0.1, -0.05) is 6.92 Å². The molecule has 1 aromatic heterocycles.